The van der Waals surface area contributed by atoms with Crippen molar-refractivity contribution in [2.75, 3.05) is 6.54 Å². The van der Waals surface area contributed by atoms with E-state index in [4.69, 9.17) is 0 Å². The number of rotatable bonds is 7. The monoisotopic (exact) mass is 302 g/mol. The molecular weight excluding hydrogens is 288 g/mol. The molecule has 0 unspecified atom stereocenters. The van der Waals surface area contributed by atoms with Crippen LogP contribution in [0.3, 0.4) is 0 Å². The SMILES string of the molecule is CCNCc1cc(S(=O)(=O)NCc2nn[nH]n2)cs1. The molecule has 2 heterocycles. The molecule has 8 nitrogen and oxygen atoms in total. The quantitative estimate of drug-likeness (QED) is 0.655. The third-order valence-corrected chi connectivity index (χ3v) is 4.77. The summed E-state index contributed by atoms with van der Waals surface area (Å²) in [6, 6.07) is 1.66. The summed E-state index contributed by atoms with van der Waals surface area (Å²) in [6.45, 7) is 3.52. The molecule has 3 N–H and O–H groups in total. The van der Waals surface area contributed by atoms with Crippen molar-refractivity contribution < 1.29 is 8.42 Å². The maximum absolute atomic E-state index is 12.0. The minimum absolute atomic E-state index is 0.0111. The maximum atomic E-state index is 12.0. The second-order valence-corrected chi connectivity index (χ2v) is 6.44. The van der Waals surface area contributed by atoms with Gasteiger partial charge in [-0.3, -0.25) is 0 Å². The van der Waals surface area contributed by atoms with Gasteiger partial charge in [-0.05, 0) is 12.6 Å². The third-order valence-electron chi connectivity index (χ3n) is 2.30. The Labute approximate surface area is 114 Å². The zero-order valence-corrected chi connectivity index (χ0v) is 11.9. The van der Waals surface area contributed by atoms with E-state index in [9.17, 15) is 8.42 Å². The standard InChI is InChI=1S/C9H14N6O2S2/c1-2-10-4-7-3-8(6-18-7)19(16,17)11-5-9-12-14-15-13-9/h3,6,10-11H,2,4-5H2,1H3,(H,12,13,14,15). The van der Waals surface area contributed by atoms with Gasteiger partial charge in [0.15, 0.2) is 5.82 Å². The van der Waals surface area contributed by atoms with E-state index in [2.05, 4.69) is 30.7 Å². The van der Waals surface area contributed by atoms with Gasteiger partial charge >= 0.3 is 0 Å². The number of tetrazole rings is 1. The summed E-state index contributed by atoms with van der Waals surface area (Å²) in [5.41, 5.74) is 0. The molecule has 19 heavy (non-hydrogen) atoms. The second-order valence-electron chi connectivity index (χ2n) is 3.68. The van der Waals surface area contributed by atoms with E-state index in [-0.39, 0.29) is 11.4 Å². The maximum Gasteiger partial charge on any atom is 0.241 e. The van der Waals surface area contributed by atoms with Crippen LogP contribution in [0.15, 0.2) is 16.3 Å². The highest BCUT2D eigenvalue weighted by Crippen LogP contribution is 2.19. The fraction of sp³-hybridized carbons (Fsp3) is 0.444. The first kappa shape index (κ1) is 14.1. The van der Waals surface area contributed by atoms with E-state index < -0.39 is 10.0 Å². The van der Waals surface area contributed by atoms with Crippen molar-refractivity contribution in [3.8, 4) is 0 Å². The van der Waals surface area contributed by atoms with Gasteiger partial charge in [-0.1, -0.05) is 12.1 Å². The van der Waals surface area contributed by atoms with E-state index in [1.807, 2.05) is 6.92 Å². The lowest BCUT2D eigenvalue weighted by Crippen LogP contribution is -2.23. The number of nitrogens with zero attached hydrogens (tertiary/aromatic N) is 3. The Bertz CT molecular complexity index is 606. The summed E-state index contributed by atoms with van der Waals surface area (Å²) in [5.74, 6) is 0.298. The smallest absolute Gasteiger partial charge is 0.241 e. The van der Waals surface area contributed by atoms with Gasteiger partial charge in [0.2, 0.25) is 10.0 Å². The minimum Gasteiger partial charge on any atom is -0.312 e. The number of aromatic amines is 1. The number of nitrogens with one attached hydrogen (secondary N) is 3. The fourth-order valence-corrected chi connectivity index (χ4v) is 3.57. The molecule has 0 atom stereocenters. The fourth-order valence-electron chi connectivity index (χ4n) is 1.34. The molecular formula is C9H14N6O2S2. The summed E-state index contributed by atoms with van der Waals surface area (Å²) in [5, 5.41) is 17.7. The third kappa shape index (κ3) is 3.80. The Balaban J connectivity index is 2.00. The molecule has 0 aromatic carbocycles. The molecule has 0 bridgehead atoms. The Morgan fingerprint density at radius 2 is 2.26 bits per heavy atom. The molecule has 2 aromatic heterocycles. The van der Waals surface area contributed by atoms with Crippen LogP contribution in [-0.2, 0) is 23.1 Å². The van der Waals surface area contributed by atoms with Crippen molar-refractivity contribution in [1.82, 2.24) is 30.7 Å². The number of aromatic nitrogens is 4. The number of H-pyrrole nitrogens is 1. The van der Waals surface area contributed by atoms with E-state index in [1.54, 1.807) is 11.4 Å². The van der Waals surface area contributed by atoms with E-state index in [0.29, 0.717) is 12.4 Å². The summed E-state index contributed by atoms with van der Waals surface area (Å²) < 4.78 is 26.4. The second kappa shape index (κ2) is 6.19. The van der Waals surface area contributed by atoms with Crippen molar-refractivity contribution in [3.63, 3.8) is 0 Å². The lowest BCUT2D eigenvalue weighted by molar-refractivity contribution is 0.579. The topological polar surface area (TPSA) is 113 Å². The van der Waals surface area contributed by atoms with E-state index >= 15 is 0 Å². The van der Waals surface area contributed by atoms with Crippen LogP contribution in [0.2, 0.25) is 0 Å². The summed E-state index contributed by atoms with van der Waals surface area (Å²) in [7, 11) is -3.53. The van der Waals surface area contributed by atoms with E-state index in [1.165, 1.54) is 11.3 Å². The minimum atomic E-state index is -3.53. The molecule has 0 aliphatic heterocycles. The van der Waals surface area contributed by atoms with Crippen LogP contribution in [0.4, 0.5) is 0 Å². The normalized spacial score (nSPS) is 11.8. The zero-order chi connectivity index (χ0) is 13.7. The highest BCUT2D eigenvalue weighted by Gasteiger charge is 2.16. The lowest BCUT2D eigenvalue weighted by Gasteiger charge is -2.01. The van der Waals surface area contributed by atoms with Crippen molar-refractivity contribution in [2.24, 2.45) is 0 Å². The first-order valence-corrected chi connectivity index (χ1v) is 7.98. The summed E-state index contributed by atoms with van der Waals surface area (Å²) in [4.78, 5) is 1.23. The Kier molecular flexibility index (Phi) is 4.58. The van der Waals surface area contributed by atoms with Gasteiger partial charge in [-0.15, -0.1) is 21.5 Å². The van der Waals surface area contributed by atoms with Gasteiger partial charge in [-0.2, -0.15) is 5.21 Å². The number of hydrogen-bond acceptors (Lipinski definition) is 7. The molecule has 0 aliphatic carbocycles. The summed E-state index contributed by atoms with van der Waals surface area (Å²) >= 11 is 1.41. The largest absolute Gasteiger partial charge is 0.312 e. The highest BCUT2D eigenvalue weighted by atomic mass is 32.2. The van der Waals surface area contributed by atoms with Crippen LogP contribution in [-0.4, -0.2) is 35.6 Å². The van der Waals surface area contributed by atoms with Crippen LogP contribution in [0.1, 0.15) is 17.6 Å². The van der Waals surface area contributed by atoms with Crippen molar-refractivity contribution in [3.05, 3.63) is 22.1 Å². The molecule has 2 aromatic rings. The van der Waals surface area contributed by atoms with Crippen LogP contribution < -0.4 is 10.0 Å². The van der Waals surface area contributed by atoms with Crippen molar-refractivity contribution in [1.29, 1.82) is 0 Å². The predicted octanol–water partition coefficient (Wildman–Crippen LogP) is -0.151. The molecule has 0 saturated carbocycles. The van der Waals surface area contributed by atoms with Crippen LogP contribution in [0.25, 0.3) is 0 Å². The highest BCUT2D eigenvalue weighted by molar-refractivity contribution is 7.89. The number of sulfonamides is 1. The van der Waals surface area contributed by atoms with Gasteiger partial charge in [0.05, 0.1) is 11.4 Å². The Hall–Kier alpha value is -1.36. The number of hydrogen-bond donors (Lipinski definition) is 3. The van der Waals surface area contributed by atoms with Crippen LogP contribution in [0.5, 0.6) is 0 Å². The van der Waals surface area contributed by atoms with Crippen LogP contribution in [0, 0.1) is 0 Å². The molecule has 10 heteroatoms. The first-order chi connectivity index (χ1) is 9.12. The van der Waals surface area contributed by atoms with Gasteiger partial charge in [-0.25, -0.2) is 13.1 Å². The Morgan fingerprint density at radius 1 is 1.42 bits per heavy atom. The average Bonchev–Trinajstić information content (AvgIpc) is 3.05. The van der Waals surface area contributed by atoms with Crippen molar-refractivity contribution >= 4 is 21.4 Å². The van der Waals surface area contributed by atoms with Gasteiger partial charge in [0.25, 0.3) is 0 Å². The van der Waals surface area contributed by atoms with E-state index in [0.717, 1.165) is 11.4 Å². The van der Waals surface area contributed by atoms with Crippen LogP contribution >= 0.6 is 11.3 Å². The Morgan fingerprint density at radius 3 is 2.95 bits per heavy atom. The average molecular weight is 302 g/mol. The lowest BCUT2D eigenvalue weighted by atomic mass is 10.4. The molecule has 0 spiro atoms. The van der Waals surface area contributed by atoms with Crippen molar-refractivity contribution in [2.45, 2.75) is 24.9 Å². The molecule has 104 valence electrons. The first-order valence-electron chi connectivity index (χ1n) is 5.62. The predicted molar refractivity (Wildman–Crippen MR) is 69.9 cm³/mol. The molecule has 0 radical (unpaired) electrons. The molecule has 0 saturated heterocycles. The molecule has 0 aliphatic rings. The summed E-state index contributed by atoms with van der Waals surface area (Å²) in [6.07, 6.45) is 0. The molecule has 0 amide bonds. The van der Waals surface area contributed by atoms with Gasteiger partial charge in [0.1, 0.15) is 0 Å². The number of thiophene rings is 1. The molecule has 2 rings (SSSR count). The van der Waals surface area contributed by atoms with Gasteiger partial charge < -0.3 is 5.32 Å². The zero-order valence-electron chi connectivity index (χ0n) is 10.3. The van der Waals surface area contributed by atoms with Gasteiger partial charge in [0, 0.05) is 16.8 Å². The molecule has 0 fully saturated rings.